The van der Waals surface area contributed by atoms with E-state index >= 15 is 0 Å². The van der Waals surface area contributed by atoms with E-state index in [0.717, 1.165) is 36.4 Å². The lowest BCUT2D eigenvalue weighted by Gasteiger charge is -2.05. The first-order valence-corrected chi connectivity index (χ1v) is 6.02. The molecule has 0 heterocycles. The van der Waals surface area contributed by atoms with E-state index in [2.05, 4.69) is 0 Å². The minimum absolute atomic E-state index is 0.0430. The highest BCUT2D eigenvalue weighted by Gasteiger charge is 2.16. The number of hydrogen-bond acceptors (Lipinski definition) is 7. The van der Waals surface area contributed by atoms with Crippen molar-refractivity contribution >= 4 is 11.9 Å². The Bertz CT molecular complexity index is 755. The van der Waals surface area contributed by atoms with E-state index in [0.29, 0.717) is 0 Å². The molecular formula is C15H12O7. The highest BCUT2D eigenvalue weighted by atomic mass is 16.3. The van der Waals surface area contributed by atoms with Gasteiger partial charge in [-0.2, -0.15) is 0 Å². The van der Waals surface area contributed by atoms with Crippen molar-refractivity contribution in [3.05, 3.63) is 41.5 Å². The van der Waals surface area contributed by atoms with Crippen molar-refractivity contribution in [2.75, 3.05) is 0 Å². The number of phenolic OH excluding ortho intramolecular Hbond substituents is 6. The van der Waals surface area contributed by atoms with Gasteiger partial charge in [0, 0.05) is 23.8 Å². The quantitative estimate of drug-likeness (QED) is 0.220. The Balaban J connectivity index is 2.35. The minimum Gasteiger partial charge on any atom is -0.508 e. The molecule has 7 heteroatoms. The van der Waals surface area contributed by atoms with Crippen molar-refractivity contribution in [1.29, 1.82) is 0 Å². The third-order valence-electron chi connectivity index (χ3n) is 2.87. The Hall–Kier alpha value is -3.35. The highest BCUT2D eigenvalue weighted by molar-refractivity contribution is 6.10. The molecule has 0 amide bonds. The zero-order valence-electron chi connectivity index (χ0n) is 11.1. The number of carbonyl (C=O) groups is 1. The summed E-state index contributed by atoms with van der Waals surface area (Å²) >= 11 is 0. The molecule has 7 nitrogen and oxygen atoms in total. The Morgan fingerprint density at radius 3 is 1.86 bits per heavy atom. The van der Waals surface area contributed by atoms with Gasteiger partial charge in [-0.3, -0.25) is 4.79 Å². The maximum absolute atomic E-state index is 12.0. The fourth-order valence-electron chi connectivity index (χ4n) is 1.81. The molecule has 0 aromatic heterocycles. The van der Waals surface area contributed by atoms with Crippen LogP contribution in [0.4, 0.5) is 0 Å². The second-order valence-electron chi connectivity index (χ2n) is 4.46. The van der Waals surface area contributed by atoms with Crippen LogP contribution in [-0.4, -0.2) is 36.4 Å². The van der Waals surface area contributed by atoms with Crippen molar-refractivity contribution in [3.63, 3.8) is 0 Å². The molecule has 0 saturated heterocycles. The van der Waals surface area contributed by atoms with E-state index in [-0.39, 0.29) is 11.3 Å². The van der Waals surface area contributed by atoms with Crippen molar-refractivity contribution < 1.29 is 35.4 Å². The monoisotopic (exact) mass is 304 g/mol. The van der Waals surface area contributed by atoms with E-state index in [1.54, 1.807) is 0 Å². The molecule has 2 aromatic carbocycles. The van der Waals surface area contributed by atoms with Crippen LogP contribution in [0, 0.1) is 0 Å². The summed E-state index contributed by atoms with van der Waals surface area (Å²) < 4.78 is 0. The van der Waals surface area contributed by atoms with Gasteiger partial charge in [0.15, 0.2) is 17.3 Å². The summed E-state index contributed by atoms with van der Waals surface area (Å²) in [6.45, 7) is 0. The molecule has 2 aromatic rings. The van der Waals surface area contributed by atoms with Crippen LogP contribution in [0.2, 0.25) is 0 Å². The molecule has 0 aliphatic rings. The SMILES string of the molecule is O=C(C=Cc1cc(O)c(O)cc1O)c1c(O)cc(O)cc1O. The summed E-state index contributed by atoms with van der Waals surface area (Å²) in [6.07, 6.45) is 2.07. The van der Waals surface area contributed by atoms with E-state index in [1.807, 2.05) is 0 Å². The van der Waals surface area contributed by atoms with Crippen molar-refractivity contribution in [2.45, 2.75) is 0 Å². The van der Waals surface area contributed by atoms with Crippen LogP contribution >= 0.6 is 0 Å². The van der Waals surface area contributed by atoms with Crippen LogP contribution in [0.15, 0.2) is 30.3 Å². The summed E-state index contributed by atoms with van der Waals surface area (Å²) in [6, 6.07) is 3.72. The number of hydrogen-bond donors (Lipinski definition) is 6. The molecule has 0 aliphatic heterocycles. The van der Waals surface area contributed by atoms with Gasteiger partial charge in [0.1, 0.15) is 28.6 Å². The molecule has 0 saturated carbocycles. The number of carbonyl (C=O) groups excluding carboxylic acids is 1. The predicted molar refractivity (Wildman–Crippen MR) is 76.2 cm³/mol. The first-order valence-electron chi connectivity index (χ1n) is 6.02. The molecule has 0 bridgehead atoms. The third kappa shape index (κ3) is 2.88. The maximum Gasteiger partial charge on any atom is 0.193 e. The molecule has 0 fully saturated rings. The first kappa shape index (κ1) is 15.0. The number of rotatable bonds is 3. The van der Waals surface area contributed by atoms with Crippen molar-refractivity contribution in [3.8, 4) is 34.5 Å². The van der Waals surface area contributed by atoms with Crippen LogP contribution in [0.3, 0.4) is 0 Å². The lowest BCUT2D eigenvalue weighted by Crippen LogP contribution is -1.95. The van der Waals surface area contributed by atoms with Crippen LogP contribution in [0.25, 0.3) is 6.08 Å². The molecule has 114 valence electrons. The van der Waals surface area contributed by atoms with Gasteiger partial charge in [0.05, 0.1) is 0 Å². The molecule has 2 rings (SSSR count). The van der Waals surface area contributed by atoms with Crippen LogP contribution in [-0.2, 0) is 0 Å². The van der Waals surface area contributed by atoms with Gasteiger partial charge < -0.3 is 30.6 Å². The van der Waals surface area contributed by atoms with Gasteiger partial charge in [-0.15, -0.1) is 0 Å². The molecule has 0 atom stereocenters. The Labute approximate surface area is 124 Å². The van der Waals surface area contributed by atoms with Gasteiger partial charge in [-0.05, 0) is 18.2 Å². The number of allylic oxidation sites excluding steroid dienone is 1. The molecule has 6 N–H and O–H groups in total. The molecule has 0 spiro atoms. The smallest absolute Gasteiger partial charge is 0.193 e. The van der Waals surface area contributed by atoms with E-state index in [9.17, 15) is 30.3 Å². The van der Waals surface area contributed by atoms with E-state index < -0.39 is 40.1 Å². The Morgan fingerprint density at radius 1 is 0.727 bits per heavy atom. The van der Waals surface area contributed by atoms with Gasteiger partial charge in [0.25, 0.3) is 0 Å². The molecule has 0 aliphatic carbocycles. The fourth-order valence-corrected chi connectivity index (χ4v) is 1.81. The number of ketones is 1. The highest BCUT2D eigenvalue weighted by Crippen LogP contribution is 2.34. The minimum atomic E-state index is -0.790. The van der Waals surface area contributed by atoms with Crippen LogP contribution < -0.4 is 0 Å². The third-order valence-corrected chi connectivity index (χ3v) is 2.87. The largest absolute Gasteiger partial charge is 0.508 e. The van der Waals surface area contributed by atoms with Gasteiger partial charge in [-0.1, -0.05) is 0 Å². The van der Waals surface area contributed by atoms with Crippen LogP contribution in [0.1, 0.15) is 15.9 Å². The van der Waals surface area contributed by atoms with Gasteiger partial charge in [0.2, 0.25) is 0 Å². The van der Waals surface area contributed by atoms with Crippen LogP contribution in [0.5, 0.6) is 34.5 Å². The number of aromatic hydroxyl groups is 6. The zero-order chi connectivity index (χ0) is 16.4. The summed E-state index contributed by atoms with van der Waals surface area (Å²) in [5.74, 6) is -3.79. The zero-order valence-corrected chi connectivity index (χ0v) is 11.1. The molecular weight excluding hydrogens is 292 g/mol. The second-order valence-corrected chi connectivity index (χ2v) is 4.46. The average molecular weight is 304 g/mol. The predicted octanol–water partition coefficient (Wildman–Crippen LogP) is 1.82. The summed E-state index contributed by atoms with van der Waals surface area (Å²) in [7, 11) is 0. The van der Waals surface area contributed by atoms with Crippen molar-refractivity contribution in [1.82, 2.24) is 0 Å². The normalized spacial score (nSPS) is 10.9. The summed E-state index contributed by atoms with van der Waals surface area (Å²) in [5.41, 5.74) is -0.377. The summed E-state index contributed by atoms with van der Waals surface area (Å²) in [4.78, 5) is 12.0. The van der Waals surface area contributed by atoms with E-state index in [1.165, 1.54) is 0 Å². The lowest BCUT2D eigenvalue weighted by molar-refractivity contribution is 0.104. The average Bonchev–Trinajstić information content (AvgIpc) is 2.40. The summed E-state index contributed by atoms with van der Waals surface area (Å²) in [5, 5.41) is 56.4. The Kier molecular flexibility index (Phi) is 3.81. The first-order chi connectivity index (χ1) is 10.3. The number of benzene rings is 2. The van der Waals surface area contributed by atoms with Gasteiger partial charge in [-0.25, -0.2) is 0 Å². The molecule has 22 heavy (non-hydrogen) atoms. The topological polar surface area (TPSA) is 138 Å². The maximum atomic E-state index is 12.0. The standard InChI is InChI=1S/C15H12O7/c16-8-4-13(21)15(14(22)5-8)9(17)2-1-7-3-11(19)12(20)6-10(7)18/h1-6,16,18-22H. The second kappa shape index (κ2) is 5.57. The fraction of sp³-hybridized carbons (Fsp3) is 0. The number of phenols is 6. The van der Waals surface area contributed by atoms with Gasteiger partial charge >= 0.3 is 0 Å². The van der Waals surface area contributed by atoms with Crippen molar-refractivity contribution in [2.24, 2.45) is 0 Å². The molecule has 0 unspecified atom stereocenters. The van der Waals surface area contributed by atoms with E-state index in [4.69, 9.17) is 5.11 Å². The lowest BCUT2D eigenvalue weighted by atomic mass is 10.1. The molecule has 0 radical (unpaired) electrons. The Morgan fingerprint density at radius 2 is 1.27 bits per heavy atom.